The molecule has 3 aromatic rings. The summed E-state index contributed by atoms with van der Waals surface area (Å²) in [5.74, 6) is -0.282. The number of aromatic nitrogens is 2. The van der Waals surface area contributed by atoms with Crippen LogP contribution in [0.4, 0.5) is 5.69 Å². The van der Waals surface area contributed by atoms with E-state index < -0.39 is 6.04 Å². The number of carbonyl (C=O) groups is 1. The van der Waals surface area contributed by atoms with Crippen LogP contribution in [0.3, 0.4) is 0 Å². The smallest absolute Gasteiger partial charge is 0.267 e. The first-order valence-electron chi connectivity index (χ1n) is 8.49. The lowest BCUT2D eigenvalue weighted by molar-refractivity contribution is -0.119. The van der Waals surface area contributed by atoms with Crippen LogP contribution in [-0.2, 0) is 4.79 Å². The molecule has 132 valence electrons. The van der Waals surface area contributed by atoms with E-state index in [1.54, 1.807) is 13.0 Å². The van der Waals surface area contributed by atoms with Gasteiger partial charge in [-0.15, -0.1) is 0 Å². The second-order valence-corrected chi connectivity index (χ2v) is 6.35. The van der Waals surface area contributed by atoms with Crippen LogP contribution in [0.1, 0.15) is 24.1 Å². The van der Waals surface area contributed by atoms with E-state index in [-0.39, 0.29) is 11.5 Å². The Morgan fingerprint density at radius 2 is 1.69 bits per heavy atom. The first kappa shape index (κ1) is 17.6. The van der Waals surface area contributed by atoms with Crippen LogP contribution in [0.15, 0.2) is 65.5 Å². The van der Waals surface area contributed by atoms with Crippen molar-refractivity contribution in [2.24, 2.45) is 0 Å². The molecule has 1 aromatic heterocycles. The molecule has 26 heavy (non-hydrogen) atoms. The van der Waals surface area contributed by atoms with Gasteiger partial charge in [0.15, 0.2) is 0 Å². The van der Waals surface area contributed by atoms with E-state index in [0.717, 1.165) is 22.4 Å². The first-order chi connectivity index (χ1) is 12.5. The standard InChI is InChI=1S/C21H21N3O2/c1-14-8-10-17(11-9-14)19-12-13-20(25)24(23-19)16(3)21(26)22-18-7-5-4-6-15(18)2/h4-13,16H,1-3H3,(H,22,26)/t16-/m1/s1. The zero-order chi connectivity index (χ0) is 18.7. The van der Waals surface area contributed by atoms with Crippen LogP contribution in [0.5, 0.6) is 0 Å². The van der Waals surface area contributed by atoms with Crippen LogP contribution >= 0.6 is 0 Å². The topological polar surface area (TPSA) is 64.0 Å². The maximum Gasteiger partial charge on any atom is 0.267 e. The minimum atomic E-state index is -0.729. The number of anilines is 1. The predicted octanol–water partition coefficient (Wildman–Crippen LogP) is 3.73. The molecular weight excluding hydrogens is 326 g/mol. The number of para-hydroxylation sites is 1. The van der Waals surface area contributed by atoms with Crippen molar-refractivity contribution in [3.63, 3.8) is 0 Å². The summed E-state index contributed by atoms with van der Waals surface area (Å²) in [5.41, 5.74) is 4.08. The Morgan fingerprint density at radius 1 is 1.00 bits per heavy atom. The average Bonchev–Trinajstić information content (AvgIpc) is 2.64. The first-order valence-corrected chi connectivity index (χ1v) is 8.49. The predicted molar refractivity (Wildman–Crippen MR) is 103 cm³/mol. The van der Waals surface area contributed by atoms with Crippen molar-refractivity contribution in [1.29, 1.82) is 0 Å². The van der Waals surface area contributed by atoms with Crippen molar-refractivity contribution >= 4 is 11.6 Å². The van der Waals surface area contributed by atoms with E-state index >= 15 is 0 Å². The van der Waals surface area contributed by atoms with Gasteiger partial charge in [-0.1, -0.05) is 48.0 Å². The molecular formula is C21H21N3O2. The highest BCUT2D eigenvalue weighted by molar-refractivity contribution is 5.94. The Kier molecular flexibility index (Phi) is 4.98. The third-order valence-electron chi connectivity index (χ3n) is 4.32. The molecule has 5 nitrogen and oxygen atoms in total. The number of nitrogens with zero attached hydrogens (tertiary/aromatic N) is 2. The van der Waals surface area contributed by atoms with Crippen molar-refractivity contribution in [3.8, 4) is 11.3 Å². The van der Waals surface area contributed by atoms with E-state index in [1.807, 2.05) is 62.4 Å². The normalized spacial score (nSPS) is 11.8. The number of amides is 1. The van der Waals surface area contributed by atoms with E-state index in [1.165, 1.54) is 10.7 Å². The summed E-state index contributed by atoms with van der Waals surface area (Å²) in [6.45, 7) is 5.60. The molecule has 0 fully saturated rings. The number of rotatable bonds is 4. The van der Waals surface area contributed by atoms with E-state index in [9.17, 15) is 9.59 Å². The van der Waals surface area contributed by atoms with Gasteiger partial charge in [0.1, 0.15) is 6.04 Å². The van der Waals surface area contributed by atoms with E-state index in [2.05, 4.69) is 10.4 Å². The van der Waals surface area contributed by atoms with Crippen molar-refractivity contribution in [2.75, 3.05) is 5.32 Å². The van der Waals surface area contributed by atoms with Crippen molar-refractivity contribution in [1.82, 2.24) is 9.78 Å². The molecule has 0 unspecified atom stereocenters. The zero-order valence-electron chi connectivity index (χ0n) is 15.1. The largest absolute Gasteiger partial charge is 0.324 e. The second-order valence-electron chi connectivity index (χ2n) is 6.35. The molecule has 0 aliphatic carbocycles. The summed E-state index contributed by atoms with van der Waals surface area (Å²) in [6, 6.07) is 17.8. The summed E-state index contributed by atoms with van der Waals surface area (Å²) < 4.78 is 1.22. The molecule has 1 heterocycles. The van der Waals surface area contributed by atoms with Gasteiger partial charge in [-0.2, -0.15) is 5.10 Å². The molecule has 0 bridgehead atoms. The summed E-state index contributed by atoms with van der Waals surface area (Å²) in [7, 11) is 0. The lowest BCUT2D eigenvalue weighted by Crippen LogP contribution is -2.33. The van der Waals surface area contributed by atoms with Crippen LogP contribution < -0.4 is 10.9 Å². The van der Waals surface area contributed by atoms with Gasteiger partial charge in [0.05, 0.1) is 5.69 Å². The fourth-order valence-corrected chi connectivity index (χ4v) is 2.64. The third-order valence-corrected chi connectivity index (χ3v) is 4.32. The van der Waals surface area contributed by atoms with Crippen LogP contribution in [-0.4, -0.2) is 15.7 Å². The molecule has 1 atom stereocenters. The minimum Gasteiger partial charge on any atom is -0.324 e. The number of benzene rings is 2. The second kappa shape index (κ2) is 7.35. The number of carbonyl (C=O) groups excluding carboxylic acids is 1. The summed E-state index contributed by atoms with van der Waals surface area (Å²) in [4.78, 5) is 24.8. The number of hydrogen-bond donors (Lipinski definition) is 1. The zero-order valence-corrected chi connectivity index (χ0v) is 15.1. The van der Waals surface area contributed by atoms with Crippen molar-refractivity contribution < 1.29 is 4.79 Å². The number of aryl methyl sites for hydroxylation is 2. The van der Waals surface area contributed by atoms with Crippen LogP contribution in [0.25, 0.3) is 11.3 Å². The van der Waals surface area contributed by atoms with Crippen molar-refractivity contribution in [3.05, 3.63) is 82.1 Å². The van der Waals surface area contributed by atoms with Crippen molar-refractivity contribution in [2.45, 2.75) is 26.8 Å². The molecule has 0 saturated heterocycles. The maximum absolute atomic E-state index is 12.6. The quantitative estimate of drug-likeness (QED) is 0.782. The average molecular weight is 347 g/mol. The monoisotopic (exact) mass is 347 g/mol. The van der Waals surface area contributed by atoms with Gasteiger partial charge in [0.2, 0.25) is 5.91 Å². The molecule has 1 amide bonds. The summed E-state index contributed by atoms with van der Waals surface area (Å²) >= 11 is 0. The number of nitrogens with one attached hydrogen (secondary N) is 1. The Bertz CT molecular complexity index is 991. The molecule has 0 radical (unpaired) electrons. The maximum atomic E-state index is 12.6. The summed E-state index contributed by atoms with van der Waals surface area (Å²) in [6.07, 6.45) is 0. The van der Waals surface area contributed by atoms with Gasteiger partial charge >= 0.3 is 0 Å². The molecule has 0 saturated carbocycles. The molecule has 0 spiro atoms. The van der Waals surface area contributed by atoms with Crippen LogP contribution in [0, 0.1) is 13.8 Å². The fourth-order valence-electron chi connectivity index (χ4n) is 2.64. The van der Waals surface area contributed by atoms with E-state index in [4.69, 9.17) is 0 Å². The number of hydrogen-bond acceptors (Lipinski definition) is 3. The van der Waals surface area contributed by atoms with Crippen LogP contribution in [0.2, 0.25) is 0 Å². The molecule has 1 N–H and O–H groups in total. The molecule has 2 aromatic carbocycles. The van der Waals surface area contributed by atoms with Gasteiger partial charge in [0, 0.05) is 17.3 Å². The Morgan fingerprint density at radius 3 is 2.38 bits per heavy atom. The minimum absolute atomic E-state index is 0.282. The third kappa shape index (κ3) is 3.72. The lowest BCUT2D eigenvalue weighted by atomic mass is 10.1. The molecule has 0 aliphatic heterocycles. The summed E-state index contributed by atoms with van der Waals surface area (Å²) in [5, 5.41) is 7.26. The van der Waals surface area contributed by atoms with Gasteiger partial charge < -0.3 is 5.32 Å². The highest BCUT2D eigenvalue weighted by Crippen LogP contribution is 2.18. The Balaban J connectivity index is 1.89. The molecule has 0 aliphatic rings. The molecule has 5 heteroatoms. The highest BCUT2D eigenvalue weighted by Gasteiger charge is 2.18. The molecule has 3 rings (SSSR count). The SMILES string of the molecule is Cc1ccc(-c2ccc(=O)n([C@H](C)C(=O)Nc3ccccc3C)n2)cc1. The van der Waals surface area contributed by atoms with Gasteiger partial charge in [0.25, 0.3) is 5.56 Å². The Hall–Kier alpha value is -3.21. The fraction of sp³-hybridized carbons (Fsp3) is 0.190. The van der Waals surface area contributed by atoms with Gasteiger partial charge in [-0.3, -0.25) is 9.59 Å². The van der Waals surface area contributed by atoms with Gasteiger partial charge in [-0.05, 0) is 38.5 Å². The lowest BCUT2D eigenvalue weighted by Gasteiger charge is -2.16. The van der Waals surface area contributed by atoms with Gasteiger partial charge in [-0.25, -0.2) is 4.68 Å². The van der Waals surface area contributed by atoms with E-state index in [0.29, 0.717) is 5.69 Å². The Labute approximate surface area is 152 Å². The highest BCUT2D eigenvalue weighted by atomic mass is 16.2.